The second kappa shape index (κ2) is 34.3. The standard InChI is InChI=1S/4C18H15P.BF4.Pd/c4*1-4-10-16(11-5-1)19(17-12-6-2-7-13-17)18-14-8-3-9-15-18;2-1(3,4)5;/h4*1-15H;;/q;;;;-1;. The van der Waals surface area contributed by atoms with Gasteiger partial charge in [0.25, 0.3) is 0 Å². The van der Waals surface area contributed by atoms with Crippen molar-refractivity contribution < 1.29 is 37.7 Å². The molecule has 10 heteroatoms. The molecule has 82 heavy (non-hydrogen) atoms. The maximum atomic E-state index is 9.75. The molecule has 0 spiro atoms. The van der Waals surface area contributed by atoms with E-state index in [1.807, 2.05) is 0 Å². The fraction of sp³-hybridized carbons (Fsp3) is 0. The Morgan fingerprint density at radius 2 is 0.207 bits per heavy atom. The van der Waals surface area contributed by atoms with Gasteiger partial charge >= 0.3 is 7.25 Å². The van der Waals surface area contributed by atoms with E-state index in [-0.39, 0.29) is 20.4 Å². The van der Waals surface area contributed by atoms with Crippen molar-refractivity contribution in [2.75, 3.05) is 0 Å². The van der Waals surface area contributed by atoms with Gasteiger partial charge in [0.05, 0.1) is 0 Å². The molecule has 12 aromatic carbocycles. The van der Waals surface area contributed by atoms with Crippen molar-refractivity contribution in [3.05, 3.63) is 364 Å². The van der Waals surface area contributed by atoms with Crippen LogP contribution in [-0.4, -0.2) is 7.25 Å². The summed E-state index contributed by atoms with van der Waals surface area (Å²) in [6.07, 6.45) is 0. The summed E-state index contributed by atoms with van der Waals surface area (Å²) in [6.45, 7) is 0. The molecule has 12 rings (SSSR count). The summed E-state index contributed by atoms with van der Waals surface area (Å²) in [6, 6.07) is 129. The van der Waals surface area contributed by atoms with Gasteiger partial charge in [0.2, 0.25) is 0 Å². The molecule has 0 aliphatic carbocycles. The first-order valence-corrected chi connectivity index (χ1v) is 31.9. The topological polar surface area (TPSA) is 0 Å². The zero-order valence-electron chi connectivity index (χ0n) is 44.8. The molecule has 0 N–H and O–H groups in total. The van der Waals surface area contributed by atoms with Crippen LogP contribution in [0.2, 0.25) is 0 Å². The van der Waals surface area contributed by atoms with Gasteiger partial charge in [-0.3, -0.25) is 0 Å². The Balaban J connectivity index is 0.000000152. The molecule has 0 nitrogen and oxygen atoms in total. The van der Waals surface area contributed by atoms with E-state index in [2.05, 4.69) is 364 Å². The first kappa shape index (κ1) is 62.4. The average molecular weight is 1240 g/mol. The Labute approximate surface area is 500 Å². The van der Waals surface area contributed by atoms with Crippen molar-refractivity contribution in [1.29, 1.82) is 0 Å². The molecule has 0 saturated heterocycles. The summed E-state index contributed by atoms with van der Waals surface area (Å²) in [7, 11) is -7.78. The summed E-state index contributed by atoms with van der Waals surface area (Å²) in [5.74, 6) is 0. The van der Waals surface area contributed by atoms with E-state index >= 15 is 0 Å². The smallest absolute Gasteiger partial charge is 0.418 e. The van der Waals surface area contributed by atoms with Gasteiger partial charge in [0.15, 0.2) is 0 Å². The number of halogens is 4. The molecule has 0 aliphatic heterocycles. The molecule has 0 fully saturated rings. The van der Waals surface area contributed by atoms with E-state index in [4.69, 9.17) is 0 Å². The van der Waals surface area contributed by atoms with E-state index < -0.39 is 38.9 Å². The zero-order valence-corrected chi connectivity index (χ0v) is 50.0. The number of hydrogen-bond donors (Lipinski definition) is 0. The van der Waals surface area contributed by atoms with Gasteiger partial charge in [0, 0.05) is 20.4 Å². The van der Waals surface area contributed by atoms with Crippen molar-refractivity contribution in [3.8, 4) is 0 Å². The summed E-state index contributed by atoms with van der Waals surface area (Å²) in [5.41, 5.74) is 0. The molecule has 0 aliphatic rings. The molecule has 0 heterocycles. The molecule has 0 bridgehead atoms. The molecule has 12 aromatic rings. The third kappa shape index (κ3) is 20.1. The van der Waals surface area contributed by atoms with Crippen molar-refractivity contribution in [2.45, 2.75) is 0 Å². The van der Waals surface area contributed by atoms with Crippen LogP contribution in [-0.2, 0) is 20.4 Å². The predicted molar refractivity (Wildman–Crippen MR) is 351 cm³/mol. The van der Waals surface area contributed by atoms with Crippen molar-refractivity contribution in [3.63, 3.8) is 0 Å². The Kier molecular flexibility index (Phi) is 26.1. The van der Waals surface area contributed by atoms with E-state index in [1.54, 1.807) is 0 Å². The molecule has 0 amide bonds. The summed E-state index contributed by atoms with van der Waals surface area (Å²) in [4.78, 5) is 0. The van der Waals surface area contributed by atoms with Crippen molar-refractivity contribution >= 4 is 103 Å². The van der Waals surface area contributed by atoms with Gasteiger partial charge in [-0.1, -0.05) is 364 Å². The largest absolute Gasteiger partial charge is 0.673 e. The molecule has 0 unspecified atom stereocenters. The van der Waals surface area contributed by atoms with Crippen LogP contribution >= 0.6 is 31.7 Å². The maximum Gasteiger partial charge on any atom is 0.673 e. The summed E-state index contributed by atoms with van der Waals surface area (Å²) >= 11 is 0. The van der Waals surface area contributed by atoms with E-state index in [1.165, 1.54) is 63.7 Å². The van der Waals surface area contributed by atoms with E-state index in [9.17, 15) is 17.3 Å². The Hall–Kier alpha value is -7.19. The van der Waals surface area contributed by atoms with Crippen molar-refractivity contribution in [1.82, 2.24) is 0 Å². The molecule has 0 radical (unpaired) electrons. The Bertz CT molecular complexity index is 2700. The van der Waals surface area contributed by atoms with E-state index in [0.717, 1.165) is 0 Å². The van der Waals surface area contributed by atoms with E-state index in [0.29, 0.717) is 0 Å². The fourth-order valence-corrected chi connectivity index (χ4v) is 17.9. The fourth-order valence-electron chi connectivity index (χ4n) is 8.71. The van der Waals surface area contributed by atoms with Crippen LogP contribution in [0.25, 0.3) is 0 Å². The summed E-state index contributed by atoms with van der Waals surface area (Å²) < 4.78 is 39.0. The third-order valence-electron chi connectivity index (χ3n) is 12.2. The van der Waals surface area contributed by atoms with Crippen LogP contribution in [0, 0.1) is 0 Å². The first-order valence-electron chi connectivity index (χ1n) is 26.5. The number of rotatable bonds is 12. The molecule has 0 saturated carbocycles. The minimum absolute atomic E-state index is 0. The second-order valence-electron chi connectivity index (χ2n) is 17.9. The van der Waals surface area contributed by atoms with Crippen LogP contribution in [0.5, 0.6) is 0 Å². The Morgan fingerprint density at radius 3 is 0.268 bits per heavy atom. The first-order chi connectivity index (χ1) is 39.8. The van der Waals surface area contributed by atoms with Crippen LogP contribution in [0.1, 0.15) is 0 Å². The van der Waals surface area contributed by atoms with Crippen LogP contribution in [0.15, 0.2) is 364 Å². The minimum atomic E-state index is -6.00. The normalized spacial score (nSPS) is 10.5. The van der Waals surface area contributed by atoms with Gasteiger partial charge in [-0.15, -0.1) is 0 Å². The SMILES string of the molecule is F[B-](F)(F)F.[Pd].c1ccc(P(c2ccccc2)c2ccccc2)cc1.c1ccc(P(c2ccccc2)c2ccccc2)cc1.c1ccc(P(c2ccccc2)c2ccccc2)cc1.c1ccc(P(c2ccccc2)c2ccccc2)cc1. The zero-order chi connectivity index (χ0) is 56.2. The Morgan fingerprint density at radius 1 is 0.146 bits per heavy atom. The van der Waals surface area contributed by atoms with Gasteiger partial charge in [0.1, 0.15) is 0 Å². The molecule has 0 aromatic heterocycles. The van der Waals surface area contributed by atoms with Crippen molar-refractivity contribution in [2.24, 2.45) is 0 Å². The van der Waals surface area contributed by atoms with Gasteiger partial charge in [-0.05, 0) is 95.3 Å². The third-order valence-corrected chi connectivity index (χ3v) is 21.9. The average Bonchev–Trinajstić information content (AvgIpc) is 3.56. The van der Waals surface area contributed by atoms with Crippen LogP contribution in [0.4, 0.5) is 17.3 Å². The second-order valence-corrected chi connectivity index (χ2v) is 26.7. The molecule has 0 atom stereocenters. The van der Waals surface area contributed by atoms with Crippen LogP contribution in [0.3, 0.4) is 0 Å². The molecule has 410 valence electrons. The maximum absolute atomic E-state index is 9.75. The van der Waals surface area contributed by atoms with Crippen LogP contribution < -0.4 is 63.7 Å². The van der Waals surface area contributed by atoms with Gasteiger partial charge in [-0.2, -0.15) is 0 Å². The quantitative estimate of drug-likeness (QED) is 0.0650. The summed E-state index contributed by atoms with van der Waals surface area (Å²) in [5, 5.41) is 16.8. The predicted octanol–water partition coefficient (Wildman–Crippen LogP) is 15.1. The number of benzene rings is 12. The minimum Gasteiger partial charge on any atom is -0.418 e. The monoisotopic (exact) mass is 1240 g/mol. The molecular weight excluding hydrogens is 1180 g/mol. The molecular formula is C72H60BF4P4Pd-. The van der Waals surface area contributed by atoms with Gasteiger partial charge in [-0.25, -0.2) is 0 Å². The van der Waals surface area contributed by atoms with Gasteiger partial charge < -0.3 is 17.3 Å². The number of hydrogen-bond acceptors (Lipinski definition) is 0.